The minimum atomic E-state index is -0.630. The van der Waals surface area contributed by atoms with Crippen molar-refractivity contribution in [1.29, 1.82) is 0 Å². The molecule has 0 bridgehead atoms. The van der Waals surface area contributed by atoms with Gasteiger partial charge in [0.2, 0.25) is 5.95 Å². The van der Waals surface area contributed by atoms with E-state index in [1.54, 1.807) is 19.1 Å². The normalized spacial score (nSPS) is 12.1. The Morgan fingerprint density at radius 3 is 2.68 bits per heavy atom. The lowest BCUT2D eigenvalue weighted by Crippen LogP contribution is -2.30. The smallest absolute Gasteiger partial charge is 0.267 e. The van der Waals surface area contributed by atoms with Crippen LogP contribution in [0.15, 0.2) is 53.0 Å². The van der Waals surface area contributed by atoms with Gasteiger partial charge in [0, 0.05) is 4.47 Å². The van der Waals surface area contributed by atoms with Crippen LogP contribution in [0.25, 0.3) is 11.0 Å². The first-order valence-electron chi connectivity index (χ1n) is 6.79. The van der Waals surface area contributed by atoms with Gasteiger partial charge in [0.1, 0.15) is 5.75 Å². The van der Waals surface area contributed by atoms with E-state index in [4.69, 9.17) is 4.74 Å². The van der Waals surface area contributed by atoms with E-state index in [2.05, 4.69) is 31.2 Å². The number of amides is 1. The topological polar surface area (TPSA) is 67.0 Å². The van der Waals surface area contributed by atoms with Gasteiger partial charge in [-0.05, 0) is 43.3 Å². The monoisotopic (exact) mass is 359 g/mol. The number of rotatable bonds is 4. The fourth-order valence-electron chi connectivity index (χ4n) is 2.00. The summed E-state index contributed by atoms with van der Waals surface area (Å²) in [6.45, 7) is 1.69. The van der Waals surface area contributed by atoms with Crippen LogP contribution >= 0.6 is 15.9 Å². The third-order valence-electron chi connectivity index (χ3n) is 3.13. The summed E-state index contributed by atoms with van der Waals surface area (Å²) >= 11 is 3.35. The summed E-state index contributed by atoms with van der Waals surface area (Å²) in [5, 5.41) is 2.72. The molecule has 5 nitrogen and oxygen atoms in total. The van der Waals surface area contributed by atoms with E-state index < -0.39 is 6.10 Å². The number of para-hydroxylation sites is 2. The Bertz CT molecular complexity index is 766. The van der Waals surface area contributed by atoms with E-state index in [-0.39, 0.29) is 5.91 Å². The van der Waals surface area contributed by atoms with Crippen LogP contribution in [0.3, 0.4) is 0 Å². The number of carbonyl (C=O) groups is 1. The Morgan fingerprint density at radius 2 is 1.95 bits per heavy atom. The second-order valence-corrected chi connectivity index (χ2v) is 5.72. The molecule has 1 atom stereocenters. The molecule has 112 valence electrons. The Balaban J connectivity index is 1.66. The summed E-state index contributed by atoms with van der Waals surface area (Å²) in [7, 11) is 0. The van der Waals surface area contributed by atoms with E-state index >= 15 is 0 Å². The highest BCUT2D eigenvalue weighted by Crippen LogP contribution is 2.18. The predicted octanol–water partition coefficient (Wildman–Crippen LogP) is 3.73. The van der Waals surface area contributed by atoms with Gasteiger partial charge >= 0.3 is 0 Å². The van der Waals surface area contributed by atoms with Gasteiger partial charge < -0.3 is 9.72 Å². The number of imidazole rings is 1. The first-order valence-corrected chi connectivity index (χ1v) is 7.59. The molecule has 0 radical (unpaired) electrons. The summed E-state index contributed by atoms with van der Waals surface area (Å²) in [6, 6.07) is 14.9. The number of benzene rings is 2. The zero-order valence-corrected chi connectivity index (χ0v) is 13.4. The van der Waals surface area contributed by atoms with Crippen molar-refractivity contribution in [2.24, 2.45) is 0 Å². The highest BCUT2D eigenvalue weighted by molar-refractivity contribution is 9.10. The number of nitrogens with zero attached hydrogens (tertiary/aromatic N) is 1. The molecule has 1 unspecified atom stereocenters. The largest absolute Gasteiger partial charge is 0.481 e. The molecule has 3 aromatic rings. The Kier molecular flexibility index (Phi) is 4.11. The Morgan fingerprint density at radius 1 is 1.23 bits per heavy atom. The number of hydrogen-bond acceptors (Lipinski definition) is 3. The van der Waals surface area contributed by atoms with Gasteiger partial charge in [-0.15, -0.1) is 0 Å². The molecular formula is C16H14BrN3O2. The molecule has 1 heterocycles. The van der Waals surface area contributed by atoms with Gasteiger partial charge in [0.15, 0.2) is 6.10 Å². The van der Waals surface area contributed by atoms with Crippen molar-refractivity contribution in [3.8, 4) is 5.75 Å². The van der Waals surface area contributed by atoms with Crippen LogP contribution in [0.5, 0.6) is 5.75 Å². The van der Waals surface area contributed by atoms with Crippen LogP contribution in [0.2, 0.25) is 0 Å². The maximum atomic E-state index is 12.2. The van der Waals surface area contributed by atoms with Crippen LogP contribution in [0.4, 0.5) is 5.95 Å². The van der Waals surface area contributed by atoms with Crippen molar-refractivity contribution in [3.63, 3.8) is 0 Å². The van der Waals surface area contributed by atoms with Gasteiger partial charge in [-0.3, -0.25) is 10.1 Å². The van der Waals surface area contributed by atoms with Crippen LogP contribution in [-0.4, -0.2) is 22.0 Å². The lowest BCUT2D eigenvalue weighted by Gasteiger charge is -2.13. The second kappa shape index (κ2) is 6.19. The van der Waals surface area contributed by atoms with Crippen LogP contribution in [0, 0.1) is 0 Å². The molecule has 0 saturated heterocycles. The first kappa shape index (κ1) is 14.6. The van der Waals surface area contributed by atoms with E-state index in [1.165, 1.54) is 0 Å². The van der Waals surface area contributed by atoms with E-state index in [0.717, 1.165) is 15.5 Å². The summed E-state index contributed by atoms with van der Waals surface area (Å²) in [5.41, 5.74) is 1.68. The molecule has 0 aliphatic rings. The van der Waals surface area contributed by atoms with Crippen molar-refractivity contribution < 1.29 is 9.53 Å². The fraction of sp³-hybridized carbons (Fsp3) is 0.125. The lowest BCUT2D eigenvalue weighted by molar-refractivity contribution is -0.122. The quantitative estimate of drug-likeness (QED) is 0.745. The maximum absolute atomic E-state index is 12.2. The van der Waals surface area contributed by atoms with Gasteiger partial charge in [-0.2, -0.15) is 0 Å². The zero-order valence-electron chi connectivity index (χ0n) is 11.8. The van der Waals surface area contributed by atoms with Gasteiger partial charge in [0.25, 0.3) is 5.91 Å². The Hall–Kier alpha value is -2.34. The highest BCUT2D eigenvalue weighted by Gasteiger charge is 2.16. The minimum absolute atomic E-state index is 0.262. The molecule has 0 spiro atoms. The molecule has 0 saturated carbocycles. The summed E-state index contributed by atoms with van der Waals surface area (Å²) in [5.74, 6) is 0.787. The number of halogens is 1. The standard InChI is InChI=1S/C16H14BrN3O2/c1-10(22-12-8-6-11(17)7-9-12)15(21)20-16-18-13-4-2-3-5-14(13)19-16/h2-10H,1H3,(H2,18,19,20,21). The van der Waals surface area contributed by atoms with Crippen molar-refractivity contribution in [1.82, 2.24) is 9.97 Å². The summed E-state index contributed by atoms with van der Waals surface area (Å²) < 4.78 is 6.56. The number of carbonyl (C=O) groups excluding carboxylic acids is 1. The SMILES string of the molecule is CC(Oc1ccc(Br)cc1)C(=O)Nc1nc2ccccc2[nH]1. The number of H-pyrrole nitrogens is 1. The number of fused-ring (bicyclic) bond motifs is 1. The maximum Gasteiger partial charge on any atom is 0.267 e. The van der Waals surface area contributed by atoms with Crippen LogP contribution in [-0.2, 0) is 4.79 Å². The molecule has 22 heavy (non-hydrogen) atoms. The molecule has 3 rings (SSSR count). The highest BCUT2D eigenvalue weighted by atomic mass is 79.9. The van der Waals surface area contributed by atoms with Crippen LogP contribution in [0.1, 0.15) is 6.92 Å². The number of anilines is 1. The molecule has 2 aromatic carbocycles. The fourth-order valence-corrected chi connectivity index (χ4v) is 2.27. The number of aromatic nitrogens is 2. The van der Waals surface area contributed by atoms with E-state index in [1.807, 2.05) is 36.4 Å². The van der Waals surface area contributed by atoms with E-state index in [0.29, 0.717) is 11.7 Å². The number of hydrogen-bond donors (Lipinski definition) is 2. The zero-order chi connectivity index (χ0) is 15.5. The van der Waals surface area contributed by atoms with Crippen molar-refractivity contribution >= 4 is 38.8 Å². The predicted molar refractivity (Wildman–Crippen MR) is 89.0 cm³/mol. The number of aromatic amines is 1. The molecule has 2 N–H and O–H groups in total. The van der Waals surface area contributed by atoms with Crippen molar-refractivity contribution in [3.05, 3.63) is 53.0 Å². The molecule has 1 aromatic heterocycles. The second-order valence-electron chi connectivity index (χ2n) is 4.81. The third kappa shape index (κ3) is 3.28. The molecular weight excluding hydrogens is 346 g/mol. The van der Waals surface area contributed by atoms with Crippen molar-refractivity contribution in [2.75, 3.05) is 5.32 Å². The summed E-state index contributed by atoms with van der Waals surface area (Å²) in [4.78, 5) is 19.5. The van der Waals surface area contributed by atoms with Gasteiger partial charge in [-0.25, -0.2) is 4.98 Å². The van der Waals surface area contributed by atoms with Gasteiger partial charge in [0.05, 0.1) is 11.0 Å². The minimum Gasteiger partial charge on any atom is -0.481 e. The van der Waals surface area contributed by atoms with E-state index in [9.17, 15) is 4.79 Å². The van der Waals surface area contributed by atoms with Crippen LogP contribution < -0.4 is 10.1 Å². The number of ether oxygens (including phenoxy) is 1. The molecule has 1 amide bonds. The molecule has 6 heteroatoms. The number of nitrogens with one attached hydrogen (secondary N) is 2. The third-order valence-corrected chi connectivity index (χ3v) is 3.66. The average Bonchev–Trinajstić information content (AvgIpc) is 2.91. The van der Waals surface area contributed by atoms with Gasteiger partial charge in [-0.1, -0.05) is 28.1 Å². The first-order chi connectivity index (χ1) is 10.6. The molecule has 0 fully saturated rings. The molecule has 0 aliphatic carbocycles. The lowest BCUT2D eigenvalue weighted by atomic mass is 10.3. The molecule has 0 aliphatic heterocycles. The Labute approximate surface area is 135 Å². The summed E-state index contributed by atoms with van der Waals surface area (Å²) in [6.07, 6.45) is -0.630. The van der Waals surface area contributed by atoms with Crippen molar-refractivity contribution in [2.45, 2.75) is 13.0 Å². The average molecular weight is 360 g/mol.